The average molecular weight is 360 g/mol. The van der Waals surface area contributed by atoms with E-state index in [-0.39, 0.29) is 0 Å². The Kier molecular flexibility index (Phi) is 6.44. The van der Waals surface area contributed by atoms with E-state index < -0.39 is 0 Å². The van der Waals surface area contributed by atoms with Gasteiger partial charge in [-0.15, -0.1) is 0 Å². The Morgan fingerprint density at radius 2 is 1.50 bits per heavy atom. The normalized spacial score (nSPS) is 26.1. The van der Waals surface area contributed by atoms with Gasteiger partial charge in [-0.3, -0.25) is 9.80 Å². The molecule has 2 fully saturated rings. The monoisotopic (exact) mass is 359 g/mol. The van der Waals surface area contributed by atoms with Crippen LogP contribution >= 0.6 is 0 Å². The van der Waals surface area contributed by atoms with Gasteiger partial charge >= 0.3 is 0 Å². The van der Waals surface area contributed by atoms with Crippen molar-refractivity contribution < 1.29 is 9.47 Å². The molecule has 3 heterocycles. The summed E-state index contributed by atoms with van der Waals surface area (Å²) in [5, 5.41) is 0. The zero-order valence-corrected chi connectivity index (χ0v) is 15.9. The van der Waals surface area contributed by atoms with Gasteiger partial charge in [0.05, 0.1) is 19.8 Å². The summed E-state index contributed by atoms with van der Waals surface area (Å²) >= 11 is 0. The van der Waals surface area contributed by atoms with Crippen LogP contribution in [-0.4, -0.2) is 93.4 Å². The molecule has 0 amide bonds. The maximum atomic E-state index is 5.93. The number of nitrogens with zero attached hydrogens (tertiary/aromatic N) is 3. The lowest BCUT2D eigenvalue weighted by atomic mass is 9.96. The summed E-state index contributed by atoms with van der Waals surface area (Å²) in [4.78, 5) is 7.85. The van der Waals surface area contributed by atoms with Crippen LogP contribution in [0, 0.1) is 5.92 Å². The predicted molar refractivity (Wildman–Crippen MR) is 104 cm³/mol. The van der Waals surface area contributed by atoms with Gasteiger partial charge in [-0.05, 0) is 30.4 Å². The fourth-order valence-electron chi connectivity index (χ4n) is 4.39. The minimum atomic E-state index is 0.721. The van der Waals surface area contributed by atoms with Crippen molar-refractivity contribution in [3.63, 3.8) is 0 Å². The largest absolute Gasteiger partial charge is 0.493 e. The summed E-state index contributed by atoms with van der Waals surface area (Å²) in [6, 6.07) is 8.56. The second kappa shape index (κ2) is 9.18. The van der Waals surface area contributed by atoms with Gasteiger partial charge in [0.2, 0.25) is 0 Å². The molecule has 0 unspecified atom stereocenters. The summed E-state index contributed by atoms with van der Waals surface area (Å²) in [6.07, 6.45) is 2.33. The number of fused-ring (bicyclic) bond motifs is 1. The van der Waals surface area contributed by atoms with E-state index in [1.54, 1.807) is 0 Å². The molecule has 1 atom stereocenters. The topological polar surface area (TPSA) is 28.2 Å². The first-order valence-corrected chi connectivity index (χ1v) is 10.3. The van der Waals surface area contributed by atoms with E-state index in [2.05, 4.69) is 39.0 Å². The third-order valence-corrected chi connectivity index (χ3v) is 6.08. The second-order valence-corrected chi connectivity index (χ2v) is 7.91. The van der Waals surface area contributed by atoms with Gasteiger partial charge in [0.25, 0.3) is 0 Å². The molecule has 144 valence electrons. The van der Waals surface area contributed by atoms with Gasteiger partial charge in [0.15, 0.2) is 0 Å². The van der Waals surface area contributed by atoms with E-state index in [9.17, 15) is 0 Å². The number of rotatable bonds is 5. The SMILES string of the molecule is c1ccc2c(c1)C[C@H](CN1CCN(CCN3CCOCC3)CC1)CCO2. The van der Waals surface area contributed by atoms with E-state index in [4.69, 9.17) is 9.47 Å². The van der Waals surface area contributed by atoms with Crippen LogP contribution in [0.3, 0.4) is 0 Å². The van der Waals surface area contributed by atoms with Crippen molar-refractivity contribution >= 4 is 0 Å². The van der Waals surface area contributed by atoms with Gasteiger partial charge in [0.1, 0.15) is 5.75 Å². The fraction of sp³-hybridized carbons (Fsp3) is 0.714. The molecule has 0 N–H and O–H groups in total. The highest BCUT2D eigenvalue weighted by atomic mass is 16.5. The fourth-order valence-corrected chi connectivity index (χ4v) is 4.39. The van der Waals surface area contributed by atoms with E-state index in [1.807, 2.05) is 0 Å². The molecule has 3 aliphatic rings. The van der Waals surface area contributed by atoms with Crippen LogP contribution in [0.25, 0.3) is 0 Å². The molecule has 0 spiro atoms. The van der Waals surface area contributed by atoms with Gasteiger partial charge in [-0.25, -0.2) is 0 Å². The number of para-hydroxylation sites is 1. The van der Waals surface area contributed by atoms with Gasteiger partial charge in [0, 0.05) is 58.9 Å². The van der Waals surface area contributed by atoms with Crippen LogP contribution < -0.4 is 4.74 Å². The van der Waals surface area contributed by atoms with Crippen molar-refractivity contribution in [1.29, 1.82) is 0 Å². The van der Waals surface area contributed by atoms with Gasteiger partial charge < -0.3 is 14.4 Å². The number of hydrogen-bond acceptors (Lipinski definition) is 5. The second-order valence-electron chi connectivity index (χ2n) is 7.91. The molecule has 0 bridgehead atoms. The summed E-state index contributed by atoms with van der Waals surface area (Å²) < 4.78 is 11.4. The maximum absolute atomic E-state index is 5.93. The minimum Gasteiger partial charge on any atom is -0.493 e. The van der Waals surface area contributed by atoms with Crippen molar-refractivity contribution in [2.45, 2.75) is 12.8 Å². The number of hydrogen-bond donors (Lipinski definition) is 0. The van der Waals surface area contributed by atoms with Crippen LogP contribution in [0.15, 0.2) is 24.3 Å². The lowest BCUT2D eigenvalue weighted by molar-refractivity contribution is 0.0293. The Hall–Kier alpha value is -1.14. The van der Waals surface area contributed by atoms with Crippen LogP contribution in [0.1, 0.15) is 12.0 Å². The quantitative estimate of drug-likeness (QED) is 0.796. The lowest BCUT2D eigenvalue weighted by Crippen LogP contribution is -2.50. The van der Waals surface area contributed by atoms with Gasteiger partial charge in [-0.2, -0.15) is 0 Å². The molecule has 0 radical (unpaired) electrons. The molecule has 4 rings (SSSR count). The van der Waals surface area contributed by atoms with Crippen LogP contribution in [-0.2, 0) is 11.2 Å². The van der Waals surface area contributed by atoms with Crippen molar-refractivity contribution in [2.24, 2.45) is 5.92 Å². The van der Waals surface area contributed by atoms with E-state index >= 15 is 0 Å². The first-order chi connectivity index (χ1) is 12.9. The molecule has 5 heteroatoms. The molecule has 26 heavy (non-hydrogen) atoms. The van der Waals surface area contributed by atoms with Crippen molar-refractivity contribution in [3.05, 3.63) is 29.8 Å². The molecule has 0 saturated carbocycles. The van der Waals surface area contributed by atoms with Crippen molar-refractivity contribution in [3.8, 4) is 5.75 Å². The number of morpholine rings is 1. The molecular weight excluding hydrogens is 326 g/mol. The standard InChI is InChI=1S/C21H33N3O2/c1-2-4-21-20(3-1)17-19(5-14-26-21)18-24-10-8-22(9-11-24)6-7-23-12-15-25-16-13-23/h1-4,19H,5-18H2/t19-/m1/s1. The Bertz CT molecular complexity index is 554. The van der Waals surface area contributed by atoms with Crippen LogP contribution in [0.2, 0.25) is 0 Å². The third kappa shape index (κ3) is 4.97. The summed E-state index contributed by atoms with van der Waals surface area (Å²) in [6.45, 7) is 13.3. The highest BCUT2D eigenvalue weighted by Gasteiger charge is 2.23. The number of piperazine rings is 1. The van der Waals surface area contributed by atoms with Crippen molar-refractivity contribution in [1.82, 2.24) is 14.7 Å². The summed E-state index contributed by atoms with van der Waals surface area (Å²) in [5.41, 5.74) is 1.39. The lowest BCUT2D eigenvalue weighted by Gasteiger charge is -2.37. The molecule has 0 aliphatic carbocycles. The molecule has 2 saturated heterocycles. The minimum absolute atomic E-state index is 0.721. The number of ether oxygens (including phenoxy) is 2. The molecular formula is C21H33N3O2. The Labute approximate surface area is 157 Å². The van der Waals surface area contributed by atoms with E-state index in [0.29, 0.717) is 0 Å². The Morgan fingerprint density at radius 3 is 2.31 bits per heavy atom. The van der Waals surface area contributed by atoms with Gasteiger partial charge in [-0.1, -0.05) is 18.2 Å². The van der Waals surface area contributed by atoms with Crippen molar-refractivity contribution in [2.75, 3.05) is 78.7 Å². The number of benzene rings is 1. The first-order valence-electron chi connectivity index (χ1n) is 10.3. The highest BCUT2D eigenvalue weighted by Crippen LogP contribution is 2.27. The van der Waals surface area contributed by atoms with Crippen LogP contribution in [0.5, 0.6) is 5.75 Å². The molecule has 0 aromatic heterocycles. The van der Waals surface area contributed by atoms with Crippen LogP contribution in [0.4, 0.5) is 0 Å². The highest BCUT2D eigenvalue weighted by molar-refractivity contribution is 5.34. The third-order valence-electron chi connectivity index (χ3n) is 6.08. The molecule has 1 aromatic carbocycles. The zero-order chi connectivity index (χ0) is 17.6. The molecule has 3 aliphatic heterocycles. The average Bonchev–Trinajstić information content (AvgIpc) is 2.90. The predicted octanol–water partition coefficient (Wildman–Crippen LogP) is 1.58. The summed E-state index contributed by atoms with van der Waals surface area (Å²) in [5.74, 6) is 1.82. The Morgan fingerprint density at radius 1 is 0.808 bits per heavy atom. The molecule has 5 nitrogen and oxygen atoms in total. The van der Waals surface area contributed by atoms with E-state index in [1.165, 1.54) is 57.8 Å². The van der Waals surface area contributed by atoms with E-state index in [0.717, 1.165) is 51.0 Å². The molecule has 1 aromatic rings. The smallest absolute Gasteiger partial charge is 0.122 e. The summed E-state index contributed by atoms with van der Waals surface area (Å²) in [7, 11) is 0. The zero-order valence-electron chi connectivity index (χ0n) is 15.9. The Balaban J connectivity index is 1.19. The maximum Gasteiger partial charge on any atom is 0.122 e. The first kappa shape index (κ1) is 18.2.